The van der Waals surface area contributed by atoms with E-state index in [1.54, 1.807) is 122 Å². The number of aromatic amines is 2. The van der Waals surface area contributed by atoms with E-state index in [0.717, 1.165) is 144 Å². The number of ether oxygens (including phenoxy) is 1. The van der Waals surface area contributed by atoms with Crippen LogP contribution in [0.3, 0.4) is 0 Å². The summed E-state index contributed by atoms with van der Waals surface area (Å²) in [7, 11) is 14.1. The summed E-state index contributed by atoms with van der Waals surface area (Å²) >= 11 is 1.46. The van der Waals surface area contributed by atoms with Crippen LogP contribution in [0.2, 0.25) is 0 Å². The molecule has 5 aliphatic heterocycles. The van der Waals surface area contributed by atoms with E-state index >= 15 is 0 Å². The standard InChI is InChI=1S/C25H35N7O3.C25H31N7O2.C24H29N7O.C23H29N5O2S/c1-25(2)15-32(17-9-11-30(4)12-10-17)21-19(31(5)23(25)34)14-27-24(29-21)28-18-8-7-16(22(33)26-3)13-20(18)35-6;1-16-13-21(33)32(29-16)19-11-9-17(10-12-19)27-24-26-14-20-22(28-24)31(18-7-5-6-8-18)15-25(2,3)23(34)30(20)4;1-24(2)15-31(18-6-4-5-7-18)21-20(30(3)22(24)32)14-25-23(28-21)27-17-10-8-16(9-11-17)19-12-13-26-29-19;1-23(2)14-28(16-7-5-6-8-16)19-18(27(4)21(23)30)13-25-22(26-19)31-17-11-9-15(10-12-17)20(29)24-3/h7-8,13-14,17H,9-12,15H2,1-6H3,(H,26,33)(H,27,28,29);9-14,18,29H,5-8,15H2,1-4H3,(H,26,27,28);8-14,18H,4-7,15H2,1-3H3,(H,26,29)(H,25,27,28);9-13,16H,5-8,14H2,1-4H3,(H,24,29). The third-order valence-electron chi connectivity index (χ3n) is 26.4. The van der Waals surface area contributed by atoms with Gasteiger partial charge in [0.2, 0.25) is 41.5 Å². The minimum Gasteiger partial charge on any atom is -0.495 e. The predicted molar refractivity (Wildman–Crippen MR) is 519 cm³/mol. The maximum absolute atomic E-state index is 13.3. The SMILES string of the molecule is CN1C(=O)C(C)(C)CN(C2CCCC2)c2nc(Nc3ccc(-c4ccn[nH]4)cc3)ncc21.CNC(=O)c1ccc(Nc2ncc3c(n2)N(C2CCN(C)CC2)CC(C)(C)C(=O)N3C)c(OC)c1.CNC(=O)c1ccc(Sc2ncc3c(n2)N(C2CCCC2)CC(C)(C)C(=O)N3C)cc1.Cc1cc(=O)n(-c2ccc(Nc3ncc4c(n3)N(C3CCCC3)CC(C)(C)C(=O)N4C)cc2)[nH]1. The number of hydrogen-bond acceptors (Lipinski definition) is 26. The molecule has 0 atom stereocenters. The number of likely N-dealkylation sites (tertiary alicyclic amines) is 1. The zero-order chi connectivity index (χ0) is 93.8. The molecule has 34 nitrogen and oxygen atoms in total. The van der Waals surface area contributed by atoms with E-state index in [-0.39, 0.29) is 47.0 Å². The van der Waals surface area contributed by atoms with Crippen LogP contribution >= 0.6 is 11.8 Å². The Kier molecular flexibility index (Phi) is 27.8. The monoisotopic (exact) mass is 1810 g/mol. The number of hydrogen-bond donors (Lipinski definition) is 7. The maximum Gasteiger partial charge on any atom is 0.271 e. The molecule has 132 heavy (non-hydrogen) atoms. The molecule has 0 bridgehead atoms. The summed E-state index contributed by atoms with van der Waals surface area (Å²) in [5.41, 5.74) is 7.87. The zero-order valence-electron chi connectivity index (χ0n) is 78.8. The van der Waals surface area contributed by atoms with Crippen LogP contribution in [0, 0.1) is 28.6 Å². The van der Waals surface area contributed by atoms with Gasteiger partial charge in [0, 0.05) is 138 Å². The largest absolute Gasteiger partial charge is 0.495 e. The van der Waals surface area contributed by atoms with E-state index < -0.39 is 21.7 Å². The van der Waals surface area contributed by atoms with Crippen LogP contribution in [0.25, 0.3) is 16.9 Å². The van der Waals surface area contributed by atoms with E-state index in [4.69, 9.17) is 24.7 Å². The number of aryl methyl sites for hydroxylation is 1. The van der Waals surface area contributed by atoms with Gasteiger partial charge >= 0.3 is 0 Å². The summed E-state index contributed by atoms with van der Waals surface area (Å²) in [6.07, 6.45) is 24.7. The number of piperidine rings is 1. The molecule has 0 unspecified atom stereocenters. The summed E-state index contributed by atoms with van der Waals surface area (Å²) in [4.78, 5) is 146. The lowest BCUT2D eigenvalue weighted by Gasteiger charge is -2.40. The molecule has 0 spiro atoms. The smallest absolute Gasteiger partial charge is 0.271 e. The molecule has 1 saturated heterocycles. The number of benzene rings is 4. The lowest BCUT2D eigenvalue weighted by Crippen LogP contribution is -2.49. The fourth-order valence-corrected chi connectivity index (χ4v) is 19.8. The van der Waals surface area contributed by atoms with Gasteiger partial charge in [-0.3, -0.25) is 43.8 Å². The molecule has 0 radical (unpaired) electrons. The van der Waals surface area contributed by atoms with E-state index in [9.17, 15) is 33.6 Å². The second kappa shape index (κ2) is 39.2. The number of nitrogens with one attached hydrogen (secondary N) is 7. The number of rotatable bonds is 17. The molecular weight excluding hydrogens is 1690 g/mol. The Bertz CT molecular complexity index is 5900. The van der Waals surface area contributed by atoms with Crippen LogP contribution < -0.4 is 76.1 Å². The van der Waals surface area contributed by atoms with Gasteiger partial charge in [0.1, 0.15) is 28.5 Å². The van der Waals surface area contributed by atoms with Gasteiger partial charge in [0.15, 0.2) is 28.4 Å². The molecule has 7 N–H and O–H groups in total. The lowest BCUT2D eigenvalue weighted by molar-refractivity contribution is -0.126. The topological polar surface area (TPSA) is 371 Å². The van der Waals surface area contributed by atoms with Crippen LogP contribution in [0.1, 0.15) is 172 Å². The fraction of sp³-hybridized carbons (Fsp3) is 0.464. The van der Waals surface area contributed by atoms with Crippen molar-refractivity contribution >= 4 is 128 Å². The highest BCUT2D eigenvalue weighted by molar-refractivity contribution is 7.99. The molecule has 18 rings (SSSR count). The Morgan fingerprint density at radius 1 is 0.455 bits per heavy atom. The molecule has 10 aromatic rings. The van der Waals surface area contributed by atoms with Gasteiger partial charge in [-0.1, -0.05) is 50.7 Å². The molecule has 6 amide bonds. The number of H-pyrrole nitrogens is 2. The lowest BCUT2D eigenvalue weighted by atomic mass is 9.90. The number of aromatic nitrogens is 12. The van der Waals surface area contributed by atoms with Crippen LogP contribution in [-0.4, -0.2) is 220 Å². The molecule has 11 heterocycles. The first-order chi connectivity index (χ1) is 63.1. The van der Waals surface area contributed by atoms with E-state index in [0.29, 0.717) is 95.6 Å². The number of carbonyl (C=O) groups is 6. The molecule has 4 aromatic carbocycles. The zero-order valence-corrected chi connectivity index (χ0v) is 79.6. The molecule has 3 aliphatic carbocycles. The Labute approximate surface area is 775 Å². The van der Waals surface area contributed by atoms with Crippen LogP contribution in [0.4, 0.5) is 80.9 Å². The third-order valence-corrected chi connectivity index (χ3v) is 27.3. The number of nitrogens with zero attached hydrogens (tertiary/aromatic N) is 19. The van der Waals surface area contributed by atoms with Crippen molar-refractivity contribution in [3.05, 3.63) is 161 Å². The summed E-state index contributed by atoms with van der Waals surface area (Å²) in [5.74, 6) is 5.13. The second-order valence-corrected chi connectivity index (χ2v) is 39.2. The number of methoxy groups -OCH3 is 1. The molecule has 696 valence electrons. The van der Waals surface area contributed by atoms with Crippen molar-refractivity contribution in [1.29, 1.82) is 0 Å². The molecule has 6 aromatic heterocycles. The quantitative estimate of drug-likeness (QED) is 0.0416. The van der Waals surface area contributed by atoms with E-state index in [1.807, 2.05) is 143 Å². The first-order valence-electron chi connectivity index (χ1n) is 45.7. The summed E-state index contributed by atoms with van der Waals surface area (Å²) in [6, 6.07) is 33.1. The molecule has 8 aliphatic rings. The molecule has 4 fully saturated rings. The normalized spacial score (nSPS) is 18.5. The van der Waals surface area contributed by atoms with Gasteiger partial charge in [-0.25, -0.2) is 29.6 Å². The van der Waals surface area contributed by atoms with Gasteiger partial charge < -0.3 is 75.4 Å². The fourth-order valence-electron chi connectivity index (χ4n) is 19.1. The predicted octanol–water partition coefficient (Wildman–Crippen LogP) is 14.4. The summed E-state index contributed by atoms with van der Waals surface area (Å²) in [5, 5.41) is 25.7. The van der Waals surface area contributed by atoms with Crippen molar-refractivity contribution in [1.82, 2.24) is 75.4 Å². The van der Waals surface area contributed by atoms with Gasteiger partial charge in [-0.15, -0.1) is 0 Å². The Hall–Kier alpha value is -13.1. The van der Waals surface area contributed by atoms with Crippen LogP contribution in [-0.2, 0) is 19.2 Å². The van der Waals surface area contributed by atoms with Crippen LogP contribution in [0.5, 0.6) is 5.75 Å². The van der Waals surface area contributed by atoms with Gasteiger partial charge in [-0.2, -0.15) is 20.1 Å². The summed E-state index contributed by atoms with van der Waals surface area (Å²) in [6.45, 7) is 22.4. The van der Waals surface area contributed by atoms with Crippen molar-refractivity contribution < 1.29 is 33.5 Å². The summed E-state index contributed by atoms with van der Waals surface area (Å²) < 4.78 is 7.01. The average Bonchev–Trinajstić information content (AvgIpc) is 1.62. The van der Waals surface area contributed by atoms with Gasteiger partial charge in [-0.05, 0) is 236 Å². The molecule has 3 saturated carbocycles. The molecular formula is C97H124N26O8S. The first kappa shape index (κ1) is 93.6. The first-order valence-corrected chi connectivity index (χ1v) is 46.5. The number of carbonyl (C=O) groups excluding carboxylic acids is 6. The minimum absolute atomic E-state index is 0.0462. The van der Waals surface area contributed by atoms with Crippen molar-refractivity contribution in [2.24, 2.45) is 21.7 Å². The van der Waals surface area contributed by atoms with Crippen molar-refractivity contribution in [3.63, 3.8) is 0 Å². The molecule has 35 heteroatoms. The van der Waals surface area contributed by atoms with E-state index in [2.05, 4.69) is 93.4 Å². The second-order valence-electron chi connectivity index (χ2n) is 38.2. The minimum atomic E-state index is -0.564. The number of amides is 6. The Balaban J connectivity index is 0.000000135. The van der Waals surface area contributed by atoms with Gasteiger partial charge in [0.05, 0.1) is 70.6 Å². The van der Waals surface area contributed by atoms with Crippen molar-refractivity contribution in [2.75, 3.05) is 151 Å². The van der Waals surface area contributed by atoms with Crippen molar-refractivity contribution in [3.8, 4) is 22.7 Å². The highest BCUT2D eigenvalue weighted by Gasteiger charge is 2.47. The number of fused-ring (bicyclic) bond motifs is 4. The highest BCUT2D eigenvalue weighted by Crippen LogP contribution is 2.47. The Morgan fingerprint density at radius 2 is 0.841 bits per heavy atom. The van der Waals surface area contributed by atoms with E-state index in [1.165, 1.54) is 55.0 Å². The van der Waals surface area contributed by atoms with Crippen LogP contribution in [0.15, 0.2) is 149 Å². The van der Waals surface area contributed by atoms with Crippen molar-refractivity contribution in [2.45, 2.75) is 186 Å². The van der Waals surface area contributed by atoms with Gasteiger partial charge in [0.25, 0.3) is 17.4 Å². The Morgan fingerprint density at radius 3 is 1.23 bits per heavy atom. The highest BCUT2D eigenvalue weighted by atomic mass is 32.2. The average molecular weight is 1810 g/mol. The third kappa shape index (κ3) is 20.4. The number of anilines is 14. The maximum atomic E-state index is 13.3.